The second-order valence-corrected chi connectivity index (χ2v) is 3.81. The van der Waals surface area contributed by atoms with E-state index in [1.807, 2.05) is 6.07 Å². The molecular formula is C13H21FN2. The van der Waals surface area contributed by atoms with Crippen LogP contribution in [0.1, 0.15) is 20.3 Å². The van der Waals surface area contributed by atoms with E-state index in [0.29, 0.717) is 0 Å². The molecule has 0 atom stereocenters. The average Bonchev–Trinajstić information content (AvgIpc) is 2.29. The summed E-state index contributed by atoms with van der Waals surface area (Å²) in [6.07, 6.45) is 1.14. The zero-order chi connectivity index (χ0) is 11.8. The molecule has 0 bridgehead atoms. The molecule has 0 heterocycles. The van der Waals surface area contributed by atoms with Gasteiger partial charge in [0.1, 0.15) is 5.82 Å². The van der Waals surface area contributed by atoms with E-state index in [1.165, 1.54) is 6.07 Å². The van der Waals surface area contributed by atoms with Crippen molar-refractivity contribution in [2.24, 2.45) is 0 Å². The molecule has 0 fully saturated rings. The fourth-order valence-electron chi connectivity index (χ4n) is 1.66. The largest absolute Gasteiger partial charge is 0.370 e. The Morgan fingerprint density at radius 3 is 2.69 bits per heavy atom. The zero-order valence-corrected chi connectivity index (χ0v) is 10.2. The van der Waals surface area contributed by atoms with Crippen LogP contribution in [0.4, 0.5) is 10.1 Å². The van der Waals surface area contributed by atoms with E-state index in [1.54, 1.807) is 12.1 Å². The summed E-state index contributed by atoms with van der Waals surface area (Å²) in [5, 5.41) is 3.35. The van der Waals surface area contributed by atoms with Gasteiger partial charge in [0.2, 0.25) is 0 Å². The van der Waals surface area contributed by atoms with Crippen LogP contribution in [0.3, 0.4) is 0 Å². The van der Waals surface area contributed by atoms with E-state index in [2.05, 4.69) is 24.1 Å². The van der Waals surface area contributed by atoms with Gasteiger partial charge in [-0.1, -0.05) is 13.0 Å². The number of hydrogen-bond donors (Lipinski definition) is 1. The zero-order valence-electron chi connectivity index (χ0n) is 10.2. The standard InChI is InChI=1S/C13H21FN2/c1-3-8-15-9-10-16(4-2)13-7-5-6-12(14)11-13/h5-7,11,15H,3-4,8-10H2,1-2H3. The molecule has 0 spiro atoms. The van der Waals surface area contributed by atoms with Crippen LogP contribution >= 0.6 is 0 Å². The number of rotatable bonds is 7. The van der Waals surface area contributed by atoms with Gasteiger partial charge >= 0.3 is 0 Å². The molecule has 1 aromatic carbocycles. The van der Waals surface area contributed by atoms with E-state index in [-0.39, 0.29) is 5.82 Å². The number of anilines is 1. The van der Waals surface area contributed by atoms with Crippen molar-refractivity contribution in [3.63, 3.8) is 0 Å². The van der Waals surface area contributed by atoms with E-state index >= 15 is 0 Å². The lowest BCUT2D eigenvalue weighted by atomic mass is 10.2. The first-order valence-corrected chi connectivity index (χ1v) is 5.99. The normalized spacial score (nSPS) is 10.4. The van der Waals surface area contributed by atoms with Crippen LogP contribution < -0.4 is 10.2 Å². The van der Waals surface area contributed by atoms with Crippen molar-refractivity contribution in [3.05, 3.63) is 30.1 Å². The monoisotopic (exact) mass is 224 g/mol. The number of likely N-dealkylation sites (N-methyl/N-ethyl adjacent to an activating group) is 1. The molecule has 1 N–H and O–H groups in total. The predicted molar refractivity (Wildman–Crippen MR) is 67.4 cm³/mol. The minimum Gasteiger partial charge on any atom is -0.370 e. The Bertz CT molecular complexity index is 302. The molecular weight excluding hydrogens is 203 g/mol. The molecule has 2 nitrogen and oxygen atoms in total. The molecule has 0 saturated carbocycles. The molecule has 16 heavy (non-hydrogen) atoms. The second-order valence-electron chi connectivity index (χ2n) is 3.81. The Balaban J connectivity index is 2.47. The quantitative estimate of drug-likeness (QED) is 0.716. The first kappa shape index (κ1) is 13.0. The van der Waals surface area contributed by atoms with Crippen LogP contribution in [0.25, 0.3) is 0 Å². The molecule has 0 aromatic heterocycles. The number of nitrogens with zero attached hydrogens (tertiary/aromatic N) is 1. The highest BCUT2D eigenvalue weighted by atomic mass is 19.1. The third-order valence-electron chi connectivity index (χ3n) is 2.54. The van der Waals surface area contributed by atoms with Gasteiger partial charge in [0.25, 0.3) is 0 Å². The first-order chi connectivity index (χ1) is 7.77. The maximum Gasteiger partial charge on any atom is 0.125 e. The molecule has 0 amide bonds. The maximum atomic E-state index is 13.1. The van der Waals surface area contributed by atoms with Crippen LogP contribution in [-0.2, 0) is 0 Å². The summed E-state index contributed by atoms with van der Waals surface area (Å²) in [6, 6.07) is 6.77. The van der Waals surface area contributed by atoms with E-state index in [4.69, 9.17) is 0 Å². The van der Waals surface area contributed by atoms with Crippen molar-refractivity contribution in [3.8, 4) is 0 Å². The molecule has 0 aliphatic rings. The lowest BCUT2D eigenvalue weighted by Crippen LogP contribution is -2.32. The first-order valence-electron chi connectivity index (χ1n) is 5.99. The molecule has 0 aliphatic heterocycles. The van der Waals surface area contributed by atoms with Gasteiger partial charge in [-0.2, -0.15) is 0 Å². The lowest BCUT2D eigenvalue weighted by Gasteiger charge is -2.23. The van der Waals surface area contributed by atoms with Gasteiger partial charge in [-0.05, 0) is 38.1 Å². The SMILES string of the molecule is CCCNCCN(CC)c1cccc(F)c1. The molecule has 90 valence electrons. The van der Waals surface area contributed by atoms with Gasteiger partial charge in [-0.15, -0.1) is 0 Å². The van der Waals surface area contributed by atoms with Gasteiger partial charge < -0.3 is 10.2 Å². The van der Waals surface area contributed by atoms with Gasteiger partial charge in [0.05, 0.1) is 0 Å². The summed E-state index contributed by atoms with van der Waals surface area (Å²) in [5.41, 5.74) is 0.959. The number of benzene rings is 1. The molecule has 0 saturated heterocycles. The van der Waals surface area contributed by atoms with Crippen molar-refractivity contribution in [1.82, 2.24) is 5.32 Å². The van der Waals surface area contributed by atoms with Gasteiger partial charge in [-0.25, -0.2) is 4.39 Å². The van der Waals surface area contributed by atoms with Crippen LogP contribution in [0, 0.1) is 5.82 Å². The number of nitrogens with one attached hydrogen (secondary N) is 1. The van der Waals surface area contributed by atoms with Gasteiger partial charge in [0.15, 0.2) is 0 Å². The molecule has 1 rings (SSSR count). The molecule has 0 unspecified atom stereocenters. The van der Waals surface area contributed by atoms with Gasteiger partial charge in [-0.3, -0.25) is 0 Å². The maximum absolute atomic E-state index is 13.1. The summed E-state index contributed by atoms with van der Waals surface area (Å²) in [6.45, 7) is 8.04. The highest BCUT2D eigenvalue weighted by molar-refractivity contribution is 5.46. The molecule has 3 heteroatoms. The minimum atomic E-state index is -0.169. The third-order valence-corrected chi connectivity index (χ3v) is 2.54. The van der Waals surface area contributed by atoms with E-state index in [0.717, 1.165) is 38.3 Å². The van der Waals surface area contributed by atoms with Crippen LogP contribution in [0.15, 0.2) is 24.3 Å². The fraction of sp³-hybridized carbons (Fsp3) is 0.538. The molecule has 1 aromatic rings. The molecule has 0 aliphatic carbocycles. The van der Waals surface area contributed by atoms with Crippen molar-refractivity contribution >= 4 is 5.69 Å². The van der Waals surface area contributed by atoms with Gasteiger partial charge in [0, 0.05) is 25.3 Å². The van der Waals surface area contributed by atoms with Crippen LogP contribution in [-0.4, -0.2) is 26.2 Å². The van der Waals surface area contributed by atoms with Crippen molar-refractivity contribution in [2.75, 3.05) is 31.1 Å². The Morgan fingerprint density at radius 1 is 1.25 bits per heavy atom. The summed E-state index contributed by atoms with van der Waals surface area (Å²) in [7, 11) is 0. The highest BCUT2D eigenvalue weighted by Gasteiger charge is 2.04. The van der Waals surface area contributed by atoms with Crippen LogP contribution in [0.2, 0.25) is 0 Å². The third kappa shape index (κ3) is 4.19. The Morgan fingerprint density at radius 2 is 2.06 bits per heavy atom. The van der Waals surface area contributed by atoms with E-state index < -0.39 is 0 Å². The second kappa shape index (κ2) is 7.23. The summed E-state index contributed by atoms with van der Waals surface area (Å²) >= 11 is 0. The number of halogens is 1. The van der Waals surface area contributed by atoms with Crippen molar-refractivity contribution in [2.45, 2.75) is 20.3 Å². The predicted octanol–water partition coefficient (Wildman–Crippen LogP) is 2.65. The lowest BCUT2D eigenvalue weighted by molar-refractivity contribution is 0.624. The average molecular weight is 224 g/mol. The van der Waals surface area contributed by atoms with Crippen molar-refractivity contribution in [1.29, 1.82) is 0 Å². The molecule has 0 radical (unpaired) electrons. The topological polar surface area (TPSA) is 15.3 Å². The highest BCUT2D eigenvalue weighted by Crippen LogP contribution is 2.14. The summed E-state index contributed by atoms with van der Waals surface area (Å²) < 4.78 is 13.1. The summed E-state index contributed by atoms with van der Waals surface area (Å²) in [4.78, 5) is 2.17. The Hall–Kier alpha value is -1.09. The number of hydrogen-bond acceptors (Lipinski definition) is 2. The smallest absolute Gasteiger partial charge is 0.125 e. The summed E-state index contributed by atoms with van der Waals surface area (Å²) in [5.74, 6) is -0.169. The van der Waals surface area contributed by atoms with Crippen LogP contribution in [0.5, 0.6) is 0 Å². The Labute approximate surface area is 97.5 Å². The van der Waals surface area contributed by atoms with Crippen molar-refractivity contribution < 1.29 is 4.39 Å². The fourth-order valence-corrected chi connectivity index (χ4v) is 1.66. The minimum absolute atomic E-state index is 0.169. The Kier molecular flexibility index (Phi) is 5.86. The van der Waals surface area contributed by atoms with E-state index in [9.17, 15) is 4.39 Å².